The first-order chi connectivity index (χ1) is 14.0. The number of aromatic amines is 1. The van der Waals surface area contributed by atoms with Crippen LogP contribution < -0.4 is 0 Å². The number of nitrogens with one attached hydrogen (secondary N) is 1. The smallest absolute Gasteiger partial charge is 0.410 e. The fourth-order valence-electron chi connectivity index (χ4n) is 3.77. The predicted molar refractivity (Wildman–Crippen MR) is 112 cm³/mol. The van der Waals surface area contributed by atoms with Crippen LogP contribution in [0, 0.1) is 16.0 Å². The Bertz CT molecular complexity index is 962. The molecule has 162 valence electrons. The zero-order valence-corrected chi connectivity index (χ0v) is 17.8. The Kier molecular flexibility index (Phi) is 6.00. The van der Waals surface area contributed by atoms with Gasteiger partial charge < -0.3 is 19.5 Å². The summed E-state index contributed by atoms with van der Waals surface area (Å²) < 4.78 is 5.40. The van der Waals surface area contributed by atoms with Crippen LogP contribution in [0.3, 0.4) is 0 Å². The number of nitro benzene ring substituents is 1. The third-order valence-electron chi connectivity index (χ3n) is 5.15. The molecule has 2 amide bonds. The molecule has 3 rings (SSSR count). The fraction of sp³-hybridized carbons (Fsp3) is 0.524. The maximum atomic E-state index is 13.1. The van der Waals surface area contributed by atoms with Gasteiger partial charge in [-0.25, -0.2) is 4.79 Å². The molecule has 0 spiro atoms. The van der Waals surface area contributed by atoms with Crippen molar-refractivity contribution >= 4 is 28.6 Å². The number of piperidine rings is 1. The van der Waals surface area contributed by atoms with Crippen LogP contribution in [0.5, 0.6) is 0 Å². The Balaban J connectivity index is 1.70. The molecule has 1 aromatic carbocycles. The van der Waals surface area contributed by atoms with Crippen LogP contribution >= 0.6 is 0 Å². The molecule has 1 aliphatic heterocycles. The van der Waals surface area contributed by atoms with Crippen molar-refractivity contribution in [1.82, 2.24) is 14.8 Å². The van der Waals surface area contributed by atoms with Gasteiger partial charge in [0, 0.05) is 55.9 Å². The number of nitrogens with zero attached hydrogens (tertiary/aromatic N) is 3. The van der Waals surface area contributed by atoms with Gasteiger partial charge in [-0.1, -0.05) is 0 Å². The van der Waals surface area contributed by atoms with Gasteiger partial charge >= 0.3 is 6.09 Å². The highest BCUT2D eigenvalue weighted by atomic mass is 16.6. The van der Waals surface area contributed by atoms with Gasteiger partial charge in [0.2, 0.25) is 0 Å². The molecule has 9 nitrogen and oxygen atoms in total. The Hall–Kier alpha value is -3.10. The highest BCUT2D eigenvalue weighted by Crippen LogP contribution is 2.27. The van der Waals surface area contributed by atoms with Crippen molar-refractivity contribution in [1.29, 1.82) is 0 Å². The molecule has 1 N–H and O–H groups in total. The molecule has 2 heterocycles. The van der Waals surface area contributed by atoms with Gasteiger partial charge in [-0.15, -0.1) is 0 Å². The minimum absolute atomic E-state index is 0.0494. The second-order valence-electron chi connectivity index (χ2n) is 8.81. The Morgan fingerprint density at radius 1 is 1.37 bits per heavy atom. The maximum Gasteiger partial charge on any atom is 0.410 e. The number of nitro groups is 1. The molecule has 0 radical (unpaired) electrons. The van der Waals surface area contributed by atoms with Crippen molar-refractivity contribution in [2.45, 2.75) is 39.2 Å². The number of fused-ring (bicyclic) bond motifs is 1. The van der Waals surface area contributed by atoms with Gasteiger partial charge in [0.05, 0.1) is 10.5 Å². The summed E-state index contributed by atoms with van der Waals surface area (Å²) in [5.74, 6) is -0.0221. The number of hydrogen-bond donors (Lipinski definition) is 1. The van der Waals surface area contributed by atoms with Gasteiger partial charge in [-0.2, -0.15) is 0 Å². The molecule has 0 aliphatic carbocycles. The average molecular weight is 416 g/mol. The van der Waals surface area contributed by atoms with Gasteiger partial charge in [0.15, 0.2) is 0 Å². The van der Waals surface area contributed by atoms with Gasteiger partial charge in [-0.3, -0.25) is 14.9 Å². The van der Waals surface area contributed by atoms with E-state index in [1.807, 2.05) is 20.8 Å². The topological polar surface area (TPSA) is 109 Å². The van der Waals surface area contributed by atoms with E-state index in [-0.39, 0.29) is 23.6 Å². The van der Waals surface area contributed by atoms with Crippen LogP contribution in [-0.2, 0) is 4.74 Å². The maximum absolute atomic E-state index is 13.1. The van der Waals surface area contributed by atoms with Crippen molar-refractivity contribution in [2.75, 3.05) is 26.7 Å². The molecule has 1 aromatic heterocycles. The Labute approximate surface area is 175 Å². The highest BCUT2D eigenvalue weighted by molar-refractivity contribution is 6.07. The Morgan fingerprint density at radius 2 is 2.10 bits per heavy atom. The van der Waals surface area contributed by atoms with E-state index in [2.05, 4.69) is 4.98 Å². The minimum atomic E-state index is -0.558. The van der Waals surface area contributed by atoms with Crippen molar-refractivity contribution in [2.24, 2.45) is 5.92 Å². The van der Waals surface area contributed by atoms with E-state index in [4.69, 9.17) is 4.74 Å². The van der Waals surface area contributed by atoms with Gasteiger partial charge in [0.1, 0.15) is 5.60 Å². The molecule has 1 atom stereocenters. The zero-order chi connectivity index (χ0) is 22.1. The van der Waals surface area contributed by atoms with E-state index in [1.54, 1.807) is 29.1 Å². The number of likely N-dealkylation sites (tertiary alicyclic amines) is 1. The molecule has 0 bridgehead atoms. The lowest BCUT2D eigenvalue weighted by Gasteiger charge is -2.35. The second-order valence-corrected chi connectivity index (χ2v) is 8.81. The number of non-ortho nitro benzene ring substituents is 1. The van der Waals surface area contributed by atoms with Crippen LogP contribution in [-0.4, -0.2) is 64.0 Å². The molecular formula is C21H28N4O5. The largest absolute Gasteiger partial charge is 0.444 e. The minimum Gasteiger partial charge on any atom is -0.444 e. The zero-order valence-electron chi connectivity index (χ0n) is 17.8. The van der Waals surface area contributed by atoms with Crippen molar-refractivity contribution < 1.29 is 19.2 Å². The van der Waals surface area contributed by atoms with E-state index in [9.17, 15) is 19.7 Å². The summed E-state index contributed by atoms with van der Waals surface area (Å²) in [4.78, 5) is 42.3. The number of ether oxygens (including phenoxy) is 1. The van der Waals surface area contributed by atoms with Crippen LogP contribution in [0.25, 0.3) is 10.9 Å². The summed E-state index contributed by atoms with van der Waals surface area (Å²) in [5.41, 5.74) is 0.501. The van der Waals surface area contributed by atoms with E-state index < -0.39 is 10.5 Å². The first-order valence-corrected chi connectivity index (χ1v) is 10.0. The molecular weight excluding hydrogens is 388 g/mol. The molecule has 1 aliphatic rings. The molecule has 1 unspecified atom stereocenters. The van der Waals surface area contributed by atoms with Crippen LogP contribution in [0.2, 0.25) is 0 Å². The van der Waals surface area contributed by atoms with E-state index in [0.717, 1.165) is 12.8 Å². The monoisotopic (exact) mass is 416 g/mol. The molecule has 30 heavy (non-hydrogen) atoms. The number of carbonyl (C=O) groups excluding carboxylic acids is 2. The lowest BCUT2D eigenvalue weighted by molar-refractivity contribution is -0.384. The SMILES string of the molecule is CN(CC1CCCN(C(=O)c2c[nH]c3ccc([N+](=O)[O-])cc23)C1)C(=O)OC(C)(C)C. The van der Waals surface area contributed by atoms with Crippen molar-refractivity contribution in [3.8, 4) is 0 Å². The summed E-state index contributed by atoms with van der Waals surface area (Å²) in [5, 5.41) is 11.6. The van der Waals surface area contributed by atoms with Crippen LogP contribution in [0.1, 0.15) is 44.0 Å². The standard InChI is InChI=1S/C21H28N4O5/c1-21(2,3)30-20(27)23(4)12-14-6-5-9-24(13-14)19(26)17-11-22-18-8-7-15(25(28)29)10-16(17)18/h7-8,10-11,14,22H,5-6,9,12-13H2,1-4H3. The lowest BCUT2D eigenvalue weighted by atomic mass is 9.97. The summed E-state index contributed by atoms with van der Waals surface area (Å²) in [6.07, 6.45) is 2.97. The fourth-order valence-corrected chi connectivity index (χ4v) is 3.77. The summed E-state index contributed by atoms with van der Waals surface area (Å²) >= 11 is 0. The first kappa shape index (κ1) is 21.6. The number of amides is 2. The van der Waals surface area contributed by atoms with Crippen molar-refractivity contribution in [3.05, 3.63) is 40.1 Å². The number of H-pyrrole nitrogens is 1. The van der Waals surface area contributed by atoms with Gasteiger partial charge in [0.25, 0.3) is 11.6 Å². The second kappa shape index (κ2) is 8.33. The summed E-state index contributed by atoms with van der Waals surface area (Å²) in [7, 11) is 1.70. The summed E-state index contributed by atoms with van der Waals surface area (Å²) in [6.45, 7) is 7.11. The lowest BCUT2D eigenvalue weighted by Crippen LogP contribution is -2.45. The third-order valence-corrected chi connectivity index (χ3v) is 5.15. The number of aromatic nitrogens is 1. The molecule has 9 heteroatoms. The number of benzene rings is 1. The van der Waals surface area contributed by atoms with Crippen LogP contribution in [0.4, 0.5) is 10.5 Å². The first-order valence-electron chi connectivity index (χ1n) is 10.0. The highest BCUT2D eigenvalue weighted by Gasteiger charge is 2.29. The van der Waals surface area contributed by atoms with E-state index in [1.165, 1.54) is 12.1 Å². The molecule has 1 saturated heterocycles. The molecule has 1 fully saturated rings. The summed E-state index contributed by atoms with van der Waals surface area (Å²) in [6, 6.07) is 4.45. The van der Waals surface area contributed by atoms with E-state index in [0.29, 0.717) is 36.1 Å². The molecule has 2 aromatic rings. The Morgan fingerprint density at radius 3 is 2.77 bits per heavy atom. The van der Waals surface area contributed by atoms with E-state index >= 15 is 0 Å². The van der Waals surface area contributed by atoms with Gasteiger partial charge in [-0.05, 0) is 45.6 Å². The third kappa shape index (κ3) is 4.90. The van der Waals surface area contributed by atoms with Crippen molar-refractivity contribution in [3.63, 3.8) is 0 Å². The normalized spacial score (nSPS) is 17.1. The number of rotatable bonds is 4. The average Bonchev–Trinajstić information content (AvgIpc) is 3.09. The number of carbonyl (C=O) groups is 2. The number of hydrogen-bond acceptors (Lipinski definition) is 5. The van der Waals surface area contributed by atoms with Crippen LogP contribution in [0.15, 0.2) is 24.4 Å². The molecule has 0 saturated carbocycles. The predicted octanol–water partition coefficient (Wildman–Crippen LogP) is 3.80. The quantitative estimate of drug-likeness (QED) is 0.602.